The molecule has 370 valence electrons. The Bertz CT molecular complexity index is 3720. The minimum atomic E-state index is -0.623. The molecular formula is C67H62F2N4O. The summed E-state index contributed by atoms with van der Waals surface area (Å²) in [6, 6.07) is 59.5. The van der Waals surface area contributed by atoms with E-state index in [0.29, 0.717) is 35.6 Å². The summed E-state index contributed by atoms with van der Waals surface area (Å²) in [4.78, 5) is 9.57. The van der Waals surface area contributed by atoms with E-state index in [0.717, 1.165) is 84.3 Å². The molecule has 10 aromatic rings. The van der Waals surface area contributed by atoms with Crippen LogP contribution in [-0.2, 0) is 5.41 Å². The third-order valence-electron chi connectivity index (χ3n) is 14.7. The van der Waals surface area contributed by atoms with E-state index in [1.165, 1.54) is 34.4 Å². The Labute approximate surface area is 434 Å². The van der Waals surface area contributed by atoms with Gasteiger partial charge >= 0.3 is 0 Å². The maximum absolute atomic E-state index is 15.3. The van der Waals surface area contributed by atoms with Gasteiger partial charge in [0.25, 0.3) is 0 Å². The van der Waals surface area contributed by atoms with Gasteiger partial charge in [0.05, 0.1) is 28.1 Å². The van der Waals surface area contributed by atoms with Crippen molar-refractivity contribution in [3.05, 3.63) is 216 Å². The van der Waals surface area contributed by atoms with Gasteiger partial charge in [0.15, 0.2) is 0 Å². The summed E-state index contributed by atoms with van der Waals surface area (Å²) in [6.07, 6.45) is 1.91. The van der Waals surface area contributed by atoms with Crippen LogP contribution in [0.2, 0.25) is 0 Å². The average Bonchev–Trinajstić information content (AvgIpc) is 3.94. The minimum Gasteiger partial charge on any atom is -0.457 e. The molecule has 0 fully saturated rings. The quantitative estimate of drug-likeness (QED) is 0.129. The maximum atomic E-state index is 15.3. The van der Waals surface area contributed by atoms with E-state index < -0.39 is 11.6 Å². The van der Waals surface area contributed by atoms with Crippen molar-refractivity contribution in [2.24, 2.45) is 0 Å². The fourth-order valence-electron chi connectivity index (χ4n) is 10.8. The van der Waals surface area contributed by atoms with Crippen molar-refractivity contribution >= 4 is 44.6 Å². The van der Waals surface area contributed by atoms with Gasteiger partial charge in [-0.2, -0.15) is 0 Å². The molecule has 0 radical (unpaired) electrons. The van der Waals surface area contributed by atoms with Crippen LogP contribution in [0.5, 0.6) is 11.5 Å². The van der Waals surface area contributed by atoms with Gasteiger partial charge in [-0.25, -0.2) is 13.8 Å². The molecule has 5 nitrogen and oxygen atoms in total. The lowest BCUT2D eigenvalue weighted by molar-refractivity contribution is 0.483. The van der Waals surface area contributed by atoms with Crippen molar-refractivity contribution in [2.45, 2.75) is 85.5 Å². The fraction of sp³-hybridized carbons (Fsp3) is 0.209. The number of pyridine rings is 1. The molecule has 7 heteroatoms. The molecule has 0 aliphatic carbocycles. The second-order valence-corrected chi connectivity index (χ2v) is 21.8. The van der Waals surface area contributed by atoms with E-state index >= 15 is 8.78 Å². The number of hydrogen-bond acceptors (Lipinski definition) is 4. The number of rotatable bonds is 11. The topological polar surface area (TPSA) is 33.5 Å². The zero-order chi connectivity index (χ0) is 51.6. The molecule has 0 amide bonds. The molecule has 0 unspecified atom stereocenters. The van der Waals surface area contributed by atoms with Crippen LogP contribution in [0.4, 0.5) is 31.5 Å². The lowest BCUT2D eigenvalue weighted by Crippen LogP contribution is -2.25. The first kappa shape index (κ1) is 48.2. The average molecular weight is 977 g/mol. The number of ether oxygens (including phenoxy) is 1. The van der Waals surface area contributed by atoms with E-state index in [-0.39, 0.29) is 11.3 Å². The van der Waals surface area contributed by atoms with Gasteiger partial charge in [-0.3, -0.25) is 4.57 Å². The Morgan fingerprint density at radius 3 is 1.80 bits per heavy atom. The standard InChI is InChI=1S/C67H62F2N4O/c1-41(2)44-29-45(42(3)4)31-46(30-44)57-20-16-21-58(47-32-50(68)37-51(69)33-47)66(57)72-40-71(62-23-14-15-24-63(62)72)52-34-48(56-18-11-10-17-55(56)43(5)6)35-54(38-52)74-53-25-26-60-59-19-12-13-22-61(59)73(64(60)39-53)65-36-49(27-28-70-65)67(7,8)9/h10-39,41-43H,40H2,1-9H3. The van der Waals surface area contributed by atoms with Gasteiger partial charge in [-0.05, 0) is 134 Å². The maximum Gasteiger partial charge on any atom is 0.137 e. The van der Waals surface area contributed by atoms with Crippen LogP contribution < -0.4 is 14.5 Å². The van der Waals surface area contributed by atoms with Crippen molar-refractivity contribution in [1.29, 1.82) is 0 Å². The van der Waals surface area contributed by atoms with Crippen molar-refractivity contribution in [3.8, 4) is 50.7 Å². The highest BCUT2D eigenvalue weighted by Gasteiger charge is 2.32. The van der Waals surface area contributed by atoms with E-state index in [1.807, 2.05) is 18.3 Å². The largest absolute Gasteiger partial charge is 0.457 e. The number of anilines is 4. The van der Waals surface area contributed by atoms with Crippen LogP contribution in [0.1, 0.15) is 102 Å². The molecule has 0 atom stereocenters. The number of hydrogen-bond donors (Lipinski definition) is 0. The molecule has 3 heterocycles. The van der Waals surface area contributed by atoms with Gasteiger partial charge < -0.3 is 14.5 Å². The summed E-state index contributed by atoms with van der Waals surface area (Å²) >= 11 is 0. The lowest BCUT2D eigenvalue weighted by atomic mass is 9.88. The van der Waals surface area contributed by atoms with Crippen molar-refractivity contribution < 1.29 is 13.5 Å². The summed E-state index contributed by atoms with van der Waals surface area (Å²) in [6.45, 7) is 20.4. The second kappa shape index (κ2) is 19.1. The van der Waals surface area contributed by atoms with Crippen molar-refractivity contribution in [1.82, 2.24) is 9.55 Å². The molecule has 2 aromatic heterocycles. The van der Waals surface area contributed by atoms with E-state index in [4.69, 9.17) is 9.72 Å². The SMILES string of the molecule is CC(C)c1cc(-c2cccc(-c3cc(F)cc(F)c3)c2N2CN(c3cc(Oc4ccc5c6ccccc6n(-c6cc(C(C)(C)C)ccn6)c5c4)cc(-c4ccccc4C(C)C)c3)c3ccccc32)cc(C(C)C)c1. The number of halogens is 2. The first-order chi connectivity index (χ1) is 35.6. The molecule has 0 bridgehead atoms. The number of benzene rings is 8. The van der Waals surface area contributed by atoms with Crippen LogP contribution in [0.25, 0.3) is 61.0 Å². The summed E-state index contributed by atoms with van der Waals surface area (Å²) in [5.74, 6) is 1.84. The Morgan fingerprint density at radius 1 is 0.500 bits per heavy atom. The number of aromatic nitrogens is 2. The molecule has 0 saturated heterocycles. The van der Waals surface area contributed by atoms with Gasteiger partial charge in [0.2, 0.25) is 0 Å². The predicted octanol–water partition coefficient (Wildman–Crippen LogP) is 19.2. The summed E-state index contributed by atoms with van der Waals surface area (Å²) in [5, 5.41) is 2.26. The van der Waals surface area contributed by atoms with Crippen LogP contribution >= 0.6 is 0 Å². The number of nitrogens with zero attached hydrogens (tertiary/aromatic N) is 4. The fourth-order valence-corrected chi connectivity index (χ4v) is 10.8. The molecule has 1 aliphatic heterocycles. The lowest BCUT2D eigenvalue weighted by Gasteiger charge is -2.28. The zero-order valence-corrected chi connectivity index (χ0v) is 43.7. The Kier molecular flexibility index (Phi) is 12.5. The highest BCUT2D eigenvalue weighted by Crippen LogP contribution is 2.52. The molecule has 0 N–H and O–H groups in total. The first-order valence-corrected chi connectivity index (χ1v) is 25.9. The molecule has 0 spiro atoms. The summed E-state index contributed by atoms with van der Waals surface area (Å²) in [5.41, 5.74) is 16.1. The zero-order valence-electron chi connectivity index (χ0n) is 43.7. The van der Waals surface area contributed by atoms with Gasteiger partial charge in [0, 0.05) is 52.0 Å². The van der Waals surface area contributed by atoms with Crippen LogP contribution in [0.3, 0.4) is 0 Å². The third kappa shape index (κ3) is 8.99. The minimum absolute atomic E-state index is 0.0577. The monoisotopic (exact) mass is 976 g/mol. The van der Waals surface area contributed by atoms with Gasteiger partial charge in [-0.1, -0.05) is 153 Å². The van der Waals surface area contributed by atoms with Gasteiger partial charge in [-0.15, -0.1) is 0 Å². The molecular weight excluding hydrogens is 915 g/mol. The normalized spacial score (nSPS) is 12.8. The first-order valence-electron chi connectivity index (χ1n) is 25.9. The Hall–Kier alpha value is -8.03. The number of fused-ring (bicyclic) bond motifs is 4. The third-order valence-corrected chi connectivity index (χ3v) is 14.7. The number of para-hydroxylation sites is 4. The highest BCUT2D eigenvalue weighted by atomic mass is 19.1. The summed E-state index contributed by atoms with van der Waals surface area (Å²) < 4.78 is 40.0. The van der Waals surface area contributed by atoms with E-state index in [9.17, 15) is 0 Å². The molecule has 1 aliphatic rings. The Balaban J connectivity index is 1.08. The molecule has 0 saturated carbocycles. The van der Waals surface area contributed by atoms with Crippen LogP contribution in [-0.4, -0.2) is 16.2 Å². The molecule has 74 heavy (non-hydrogen) atoms. The smallest absolute Gasteiger partial charge is 0.137 e. The van der Waals surface area contributed by atoms with Gasteiger partial charge in [0.1, 0.15) is 35.6 Å². The highest BCUT2D eigenvalue weighted by molar-refractivity contribution is 6.09. The second-order valence-electron chi connectivity index (χ2n) is 21.8. The predicted molar refractivity (Wildman–Crippen MR) is 304 cm³/mol. The van der Waals surface area contributed by atoms with E-state index in [1.54, 1.807) is 0 Å². The van der Waals surface area contributed by atoms with Crippen molar-refractivity contribution in [3.63, 3.8) is 0 Å². The Morgan fingerprint density at radius 2 is 1.11 bits per heavy atom. The van der Waals surface area contributed by atoms with E-state index in [2.05, 4.69) is 222 Å². The van der Waals surface area contributed by atoms with Crippen LogP contribution in [0, 0.1) is 11.6 Å². The molecule has 11 rings (SSSR count). The summed E-state index contributed by atoms with van der Waals surface area (Å²) in [7, 11) is 0. The van der Waals surface area contributed by atoms with Crippen molar-refractivity contribution in [2.75, 3.05) is 16.5 Å². The molecule has 8 aromatic carbocycles. The van der Waals surface area contributed by atoms with Crippen LogP contribution in [0.15, 0.2) is 182 Å².